The quantitative estimate of drug-likeness (QED) is 0.781. The molecule has 0 aromatic heterocycles. The van der Waals surface area contributed by atoms with E-state index < -0.39 is 0 Å². The lowest BCUT2D eigenvalue weighted by Gasteiger charge is -2.38. The first kappa shape index (κ1) is 12.4. The van der Waals surface area contributed by atoms with E-state index in [1.807, 2.05) is 0 Å². The first-order valence-corrected chi connectivity index (χ1v) is 7.13. The third-order valence-corrected chi connectivity index (χ3v) is 4.62. The van der Waals surface area contributed by atoms with E-state index in [0.717, 1.165) is 11.8 Å². The summed E-state index contributed by atoms with van der Waals surface area (Å²) in [6.07, 6.45) is 7.02. The van der Waals surface area contributed by atoms with Crippen molar-refractivity contribution in [1.82, 2.24) is 4.90 Å². The summed E-state index contributed by atoms with van der Waals surface area (Å²) in [7, 11) is 0. The van der Waals surface area contributed by atoms with Crippen LogP contribution in [0, 0.1) is 17.8 Å². The van der Waals surface area contributed by atoms with Crippen LogP contribution in [0.2, 0.25) is 0 Å². The molecule has 1 aliphatic carbocycles. The Labute approximate surface area is 101 Å². The molecule has 94 valence electrons. The minimum Gasteiger partial charge on any atom is -0.327 e. The van der Waals surface area contributed by atoms with Crippen LogP contribution in [0.15, 0.2) is 0 Å². The maximum Gasteiger partial charge on any atom is 0.00889 e. The number of likely N-dealkylation sites (tertiary alicyclic amines) is 1. The monoisotopic (exact) mass is 224 g/mol. The SMILES string of the molecule is CC1CCCC(CN2CCC(N)C(C)C2)C1. The molecule has 0 radical (unpaired) electrons. The zero-order chi connectivity index (χ0) is 11.5. The number of hydrogen-bond donors (Lipinski definition) is 1. The molecule has 2 aliphatic rings. The van der Waals surface area contributed by atoms with Crippen LogP contribution in [0.25, 0.3) is 0 Å². The fourth-order valence-electron chi connectivity index (χ4n) is 3.51. The van der Waals surface area contributed by atoms with Crippen LogP contribution < -0.4 is 5.73 Å². The van der Waals surface area contributed by atoms with Gasteiger partial charge in [0.1, 0.15) is 0 Å². The number of nitrogens with zero attached hydrogens (tertiary/aromatic N) is 1. The molecule has 1 heterocycles. The van der Waals surface area contributed by atoms with E-state index in [2.05, 4.69) is 18.7 Å². The smallest absolute Gasteiger partial charge is 0.00889 e. The zero-order valence-corrected chi connectivity index (χ0v) is 11.0. The van der Waals surface area contributed by atoms with E-state index in [-0.39, 0.29) is 0 Å². The van der Waals surface area contributed by atoms with Crippen molar-refractivity contribution in [1.29, 1.82) is 0 Å². The number of hydrogen-bond acceptors (Lipinski definition) is 2. The van der Waals surface area contributed by atoms with Gasteiger partial charge in [0.05, 0.1) is 0 Å². The molecule has 0 spiro atoms. The number of nitrogens with two attached hydrogens (primary N) is 1. The lowest BCUT2D eigenvalue weighted by atomic mass is 9.81. The summed E-state index contributed by atoms with van der Waals surface area (Å²) in [4.78, 5) is 2.66. The molecule has 16 heavy (non-hydrogen) atoms. The molecule has 0 aromatic carbocycles. The predicted molar refractivity (Wildman–Crippen MR) is 69.3 cm³/mol. The average Bonchev–Trinajstić information content (AvgIpc) is 2.24. The molecule has 0 aromatic rings. The highest BCUT2D eigenvalue weighted by molar-refractivity contribution is 4.82. The van der Waals surface area contributed by atoms with Crippen molar-refractivity contribution in [2.45, 2.75) is 52.0 Å². The summed E-state index contributed by atoms with van der Waals surface area (Å²) in [5.74, 6) is 2.61. The van der Waals surface area contributed by atoms with Gasteiger partial charge in [0, 0.05) is 19.1 Å². The maximum atomic E-state index is 6.07. The second-order valence-electron chi connectivity index (χ2n) is 6.33. The van der Waals surface area contributed by atoms with Gasteiger partial charge in [0.25, 0.3) is 0 Å². The third kappa shape index (κ3) is 3.21. The van der Waals surface area contributed by atoms with Crippen molar-refractivity contribution in [2.24, 2.45) is 23.5 Å². The van der Waals surface area contributed by atoms with E-state index in [0.29, 0.717) is 12.0 Å². The van der Waals surface area contributed by atoms with Crippen LogP contribution in [-0.4, -0.2) is 30.6 Å². The first-order valence-electron chi connectivity index (χ1n) is 7.13. The molecule has 4 atom stereocenters. The van der Waals surface area contributed by atoms with Gasteiger partial charge in [0.15, 0.2) is 0 Å². The molecule has 2 fully saturated rings. The molecule has 0 amide bonds. The number of piperidine rings is 1. The first-order chi connectivity index (χ1) is 7.65. The lowest BCUT2D eigenvalue weighted by Crippen LogP contribution is -2.47. The Morgan fingerprint density at radius 1 is 1.19 bits per heavy atom. The highest BCUT2D eigenvalue weighted by Gasteiger charge is 2.26. The molecule has 2 heteroatoms. The summed E-state index contributed by atoms with van der Waals surface area (Å²) in [5, 5.41) is 0. The minimum atomic E-state index is 0.446. The second kappa shape index (κ2) is 5.50. The topological polar surface area (TPSA) is 29.3 Å². The van der Waals surface area contributed by atoms with Crippen LogP contribution in [0.1, 0.15) is 46.0 Å². The maximum absolute atomic E-state index is 6.07. The summed E-state index contributed by atoms with van der Waals surface area (Å²) in [5.41, 5.74) is 6.07. The largest absolute Gasteiger partial charge is 0.327 e. The van der Waals surface area contributed by atoms with Gasteiger partial charge in [-0.15, -0.1) is 0 Å². The summed E-state index contributed by atoms with van der Waals surface area (Å²) in [6.45, 7) is 8.52. The van der Waals surface area contributed by atoms with Gasteiger partial charge in [-0.3, -0.25) is 0 Å². The Morgan fingerprint density at radius 3 is 2.69 bits per heavy atom. The zero-order valence-electron chi connectivity index (χ0n) is 11.0. The van der Waals surface area contributed by atoms with Crippen molar-refractivity contribution in [3.63, 3.8) is 0 Å². The second-order valence-corrected chi connectivity index (χ2v) is 6.33. The molecular formula is C14H28N2. The molecule has 2 nitrogen and oxygen atoms in total. The van der Waals surface area contributed by atoms with Crippen LogP contribution in [-0.2, 0) is 0 Å². The van der Waals surface area contributed by atoms with E-state index >= 15 is 0 Å². The normalized spacial score (nSPS) is 42.2. The van der Waals surface area contributed by atoms with Crippen LogP contribution in [0.5, 0.6) is 0 Å². The summed E-state index contributed by atoms with van der Waals surface area (Å²) in [6, 6.07) is 0.446. The highest BCUT2D eigenvalue weighted by atomic mass is 15.1. The molecule has 1 saturated carbocycles. The van der Waals surface area contributed by atoms with E-state index in [1.54, 1.807) is 0 Å². The van der Waals surface area contributed by atoms with Crippen molar-refractivity contribution in [3.05, 3.63) is 0 Å². The van der Waals surface area contributed by atoms with Gasteiger partial charge < -0.3 is 10.6 Å². The molecule has 1 saturated heterocycles. The van der Waals surface area contributed by atoms with Gasteiger partial charge in [0.2, 0.25) is 0 Å². The highest BCUT2D eigenvalue weighted by Crippen LogP contribution is 2.30. The Kier molecular flexibility index (Phi) is 4.26. The third-order valence-electron chi connectivity index (χ3n) is 4.62. The fraction of sp³-hybridized carbons (Fsp3) is 1.00. The lowest BCUT2D eigenvalue weighted by molar-refractivity contribution is 0.122. The Balaban J connectivity index is 1.76. The van der Waals surface area contributed by atoms with Crippen molar-refractivity contribution in [3.8, 4) is 0 Å². The molecule has 0 bridgehead atoms. The Morgan fingerprint density at radius 2 is 2.00 bits per heavy atom. The van der Waals surface area contributed by atoms with Gasteiger partial charge in [-0.1, -0.05) is 26.7 Å². The van der Waals surface area contributed by atoms with Gasteiger partial charge >= 0.3 is 0 Å². The molecule has 2 N–H and O–H groups in total. The summed E-state index contributed by atoms with van der Waals surface area (Å²) >= 11 is 0. The molecule has 4 unspecified atom stereocenters. The number of rotatable bonds is 2. The predicted octanol–water partition coefficient (Wildman–Crippen LogP) is 2.48. The van der Waals surface area contributed by atoms with Gasteiger partial charge in [-0.05, 0) is 43.6 Å². The molecule has 2 rings (SSSR count). The standard InChI is InChI=1S/C14H28N2/c1-11-4-3-5-13(8-11)10-16-7-6-14(15)12(2)9-16/h11-14H,3-10,15H2,1-2H3. The van der Waals surface area contributed by atoms with Crippen molar-refractivity contribution >= 4 is 0 Å². The Hall–Kier alpha value is -0.0800. The van der Waals surface area contributed by atoms with E-state index in [4.69, 9.17) is 5.73 Å². The van der Waals surface area contributed by atoms with Crippen LogP contribution in [0.3, 0.4) is 0 Å². The van der Waals surface area contributed by atoms with E-state index in [9.17, 15) is 0 Å². The van der Waals surface area contributed by atoms with Crippen molar-refractivity contribution in [2.75, 3.05) is 19.6 Å². The van der Waals surface area contributed by atoms with E-state index in [1.165, 1.54) is 51.7 Å². The van der Waals surface area contributed by atoms with Crippen LogP contribution in [0.4, 0.5) is 0 Å². The van der Waals surface area contributed by atoms with Crippen LogP contribution >= 0.6 is 0 Å². The average molecular weight is 224 g/mol. The van der Waals surface area contributed by atoms with Gasteiger partial charge in [-0.25, -0.2) is 0 Å². The fourth-order valence-corrected chi connectivity index (χ4v) is 3.51. The molecular weight excluding hydrogens is 196 g/mol. The van der Waals surface area contributed by atoms with Gasteiger partial charge in [-0.2, -0.15) is 0 Å². The Bertz CT molecular complexity index is 217. The minimum absolute atomic E-state index is 0.446. The van der Waals surface area contributed by atoms with Crippen molar-refractivity contribution < 1.29 is 0 Å². The summed E-state index contributed by atoms with van der Waals surface area (Å²) < 4.78 is 0. The molecule has 1 aliphatic heterocycles.